The second kappa shape index (κ2) is 39.2. The summed E-state index contributed by atoms with van der Waals surface area (Å²) in [5.74, 6) is -0.705. The highest BCUT2D eigenvalue weighted by Gasteiger charge is 2.44. The normalized spacial score (nSPS) is 21.8. The fraction of sp³-hybridized carbons (Fsp3) is 0.898. The molecule has 1 fully saturated rings. The molecule has 9 atom stereocenters. The molecule has 1 amide bonds. The van der Waals surface area contributed by atoms with Crippen molar-refractivity contribution in [2.45, 2.75) is 268 Å². The van der Waals surface area contributed by atoms with Gasteiger partial charge in [0.2, 0.25) is 5.91 Å². The molecule has 0 saturated carbocycles. The van der Waals surface area contributed by atoms with Crippen LogP contribution >= 0.6 is 0 Å². The number of carbonyl (C=O) groups excluding carboxylic acids is 1. The SMILES string of the molecule is CCCCC/C=C\C/C=C\CCCCCCCCC(O)C(=O)NC(COC1OC(CO)C(O)C(O)C1O)C(O)C(O)CCCCCCCCCCCCCCCCCCC. The molecule has 60 heavy (non-hydrogen) atoms. The number of hydrogen-bond acceptors (Lipinski definition) is 10. The van der Waals surface area contributed by atoms with Gasteiger partial charge in [0.25, 0.3) is 0 Å². The molecule has 0 aliphatic carbocycles. The predicted molar refractivity (Wildman–Crippen MR) is 242 cm³/mol. The Kier molecular flexibility index (Phi) is 37.0. The van der Waals surface area contributed by atoms with Crippen LogP contribution in [0.3, 0.4) is 0 Å². The summed E-state index contributed by atoms with van der Waals surface area (Å²) in [6, 6.07) is -1.17. The molecule has 0 aromatic carbocycles. The van der Waals surface area contributed by atoms with Crippen LogP contribution in [-0.4, -0.2) is 110 Å². The molecule has 1 rings (SSSR count). The van der Waals surface area contributed by atoms with E-state index in [1.807, 2.05) is 0 Å². The first-order valence-electron chi connectivity index (χ1n) is 24.7. The van der Waals surface area contributed by atoms with Gasteiger partial charge in [0.15, 0.2) is 6.29 Å². The van der Waals surface area contributed by atoms with Crippen LogP contribution in [-0.2, 0) is 14.3 Å². The van der Waals surface area contributed by atoms with E-state index < -0.39 is 74.2 Å². The number of aliphatic hydroxyl groups excluding tert-OH is 7. The van der Waals surface area contributed by atoms with Crippen molar-refractivity contribution in [2.75, 3.05) is 13.2 Å². The van der Waals surface area contributed by atoms with Crippen molar-refractivity contribution < 1.29 is 50.0 Å². The van der Waals surface area contributed by atoms with Crippen LogP contribution in [0.1, 0.15) is 213 Å². The predicted octanol–water partition coefficient (Wildman–Crippen LogP) is 8.62. The highest BCUT2D eigenvalue weighted by molar-refractivity contribution is 5.80. The Morgan fingerprint density at radius 3 is 1.52 bits per heavy atom. The number of ether oxygens (including phenoxy) is 2. The van der Waals surface area contributed by atoms with E-state index in [9.17, 15) is 40.5 Å². The molecule has 1 heterocycles. The smallest absolute Gasteiger partial charge is 0.249 e. The van der Waals surface area contributed by atoms with E-state index in [1.165, 1.54) is 109 Å². The molecule has 0 aromatic heterocycles. The second-order valence-electron chi connectivity index (χ2n) is 17.5. The number of carbonyl (C=O) groups is 1. The lowest BCUT2D eigenvalue weighted by atomic mass is 9.98. The third kappa shape index (κ3) is 28.3. The largest absolute Gasteiger partial charge is 0.394 e. The van der Waals surface area contributed by atoms with E-state index in [1.54, 1.807) is 0 Å². The molecular weight excluding hydrogens is 763 g/mol. The minimum absolute atomic E-state index is 0.249. The van der Waals surface area contributed by atoms with Crippen molar-refractivity contribution in [2.24, 2.45) is 0 Å². The maximum absolute atomic E-state index is 13.1. The third-order valence-electron chi connectivity index (χ3n) is 12.0. The van der Waals surface area contributed by atoms with E-state index >= 15 is 0 Å². The van der Waals surface area contributed by atoms with Crippen molar-refractivity contribution in [3.8, 4) is 0 Å². The molecule has 0 bridgehead atoms. The summed E-state index contributed by atoms with van der Waals surface area (Å²) in [4.78, 5) is 13.1. The van der Waals surface area contributed by atoms with E-state index in [2.05, 4.69) is 43.5 Å². The van der Waals surface area contributed by atoms with Crippen LogP contribution in [0.25, 0.3) is 0 Å². The molecular formula is C49H93NO10. The Labute approximate surface area is 365 Å². The second-order valence-corrected chi connectivity index (χ2v) is 17.5. The van der Waals surface area contributed by atoms with Crippen LogP contribution in [0, 0.1) is 0 Å². The molecule has 354 valence electrons. The highest BCUT2D eigenvalue weighted by atomic mass is 16.7. The zero-order valence-electron chi connectivity index (χ0n) is 38.2. The van der Waals surface area contributed by atoms with Crippen molar-refractivity contribution in [1.29, 1.82) is 0 Å². The van der Waals surface area contributed by atoms with Crippen molar-refractivity contribution in [3.63, 3.8) is 0 Å². The van der Waals surface area contributed by atoms with Gasteiger partial charge >= 0.3 is 0 Å². The van der Waals surface area contributed by atoms with E-state index in [4.69, 9.17) is 9.47 Å². The van der Waals surface area contributed by atoms with Gasteiger partial charge < -0.3 is 50.5 Å². The van der Waals surface area contributed by atoms with Crippen LogP contribution in [0.2, 0.25) is 0 Å². The molecule has 1 saturated heterocycles. The van der Waals surface area contributed by atoms with Crippen LogP contribution in [0.15, 0.2) is 24.3 Å². The van der Waals surface area contributed by atoms with E-state index in [-0.39, 0.29) is 6.42 Å². The quantitative estimate of drug-likeness (QED) is 0.0218. The van der Waals surface area contributed by atoms with Crippen LogP contribution < -0.4 is 5.32 Å². The zero-order valence-corrected chi connectivity index (χ0v) is 38.2. The van der Waals surface area contributed by atoms with Crippen molar-refractivity contribution >= 4 is 5.91 Å². The summed E-state index contributed by atoms with van der Waals surface area (Å²) in [5.41, 5.74) is 0. The number of allylic oxidation sites excluding steroid dienone is 4. The number of amides is 1. The highest BCUT2D eigenvalue weighted by Crippen LogP contribution is 2.23. The first-order chi connectivity index (χ1) is 29.2. The molecule has 8 N–H and O–H groups in total. The number of unbranched alkanes of at least 4 members (excludes halogenated alkanes) is 25. The molecule has 0 aromatic rings. The fourth-order valence-corrected chi connectivity index (χ4v) is 7.88. The molecule has 1 aliphatic rings. The summed E-state index contributed by atoms with van der Waals surface area (Å²) in [6.07, 6.45) is 32.1. The van der Waals surface area contributed by atoms with Gasteiger partial charge in [0.1, 0.15) is 36.6 Å². The molecule has 11 heteroatoms. The Morgan fingerprint density at radius 1 is 0.583 bits per heavy atom. The summed E-state index contributed by atoms with van der Waals surface area (Å²) in [6.45, 7) is 3.42. The molecule has 0 spiro atoms. The fourth-order valence-electron chi connectivity index (χ4n) is 7.88. The Bertz CT molecular complexity index is 1030. The minimum Gasteiger partial charge on any atom is -0.394 e. The molecule has 0 radical (unpaired) electrons. The average Bonchev–Trinajstić information content (AvgIpc) is 3.25. The summed E-state index contributed by atoms with van der Waals surface area (Å²) < 4.78 is 11.1. The van der Waals surface area contributed by atoms with Gasteiger partial charge in [-0.3, -0.25) is 4.79 Å². The van der Waals surface area contributed by atoms with E-state index in [0.717, 1.165) is 64.2 Å². The maximum atomic E-state index is 13.1. The van der Waals surface area contributed by atoms with Gasteiger partial charge in [-0.1, -0.05) is 192 Å². The maximum Gasteiger partial charge on any atom is 0.249 e. The summed E-state index contributed by atoms with van der Waals surface area (Å²) in [7, 11) is 0. The van der Waals surface area contributed by atoms with Crippen LogP contribution in [0.5, 0.6) is 0 Å². The minimum atomic E-state index is -1.66. The van der Waals surface area contributed by atoms with Gasteiger partial charge in [0.05, 0.1) is 25.4 Å². The average molecular weight is 856 g/mol. The van der Waals surface area contributed by atoms with Crippen LogP contribution in [0.4, 0.5) is 0 Å². The number of aliphatic hydroxyl groups is 7. The monoisotopic (exact) mass is 856 g/mol. The molecule has 11 nitrogen and oxygen atoms in total. The Hall–Kier alpha value is -1.41. The number of rotatable bonds is 41. The lowest BCUT2D eigenvalue weighted by molar-refractivity contribution is -0.303. The van der Waals surface area contributed by atoms with Crippen molar-refractivity contribution in [3.05, 3.63) is 24.3 Å². The third-order valence-corrected chi connectivity index (χ3v) is 12.0. The van der Waals surface area contributed by atoms with Crippen molar-refractivity contribution in [1.82, 2.24) is 5.32 Å². The van der Waals surface area contributed by atoms with E-state index in [0.29, 0.717) is 19.3 Å². The summed E-state index contributed by atoms with van der Waals surface area (Å²) in [5, 5.41) is 75.8. The molecule has 1 aliphatic heterocycles. The lowest BCUT2D eigenvalue weighted by Crippen LogP contribution is -2.60. The molecule has 9 unspecified atom stereocenters. The van der Waals surface area contributed by atoms with Gasteiger partial charge in [-0.15, -0.1) is 0 Å². The lowest BCUT2D eigenvalue weighted by Gasteiger charge is -2.40. The van der Waals surface area contributed by atoms with Gasteiger partial charge in [0, 0.05) is 0 Å². The standard InChI is InChI=1S/C49H93NO10/c1-3-5-7-9-11-13-15-17-19-21-23-24-26-28-30-32-34-36-41(52)44(54)40(39-59-49-47(57)46(56)45(55)43(38-51)60-49)50-48(58)42(53)37-35-33-31-29-27-25-22-20-18-16-14-12-10-8-6-4-2/h12,14,18,20,40-47,49,51-57H,3-11,13,15-17,19,21-39H2,1-2H3,(H,50,58)/b14-12-,20-18-. The number of nitrogens with one attached hydrogen (secondary N) is 1. The van der Waals surface area contributed by atoms with Gasteiger partial charge in [-0.25, -0.2) is 0 Å². The van der Waals surface area contributed by atoms with Gasteiger partial charge in [-0.2, -0.15) is 0 Å². The Balaban J connectivity index is 2.43. The number of hydrogen-bond donors (Lipinski definition) is 8. The zero-order chi connectivity index (χ0) is 44.1. The first-order valence-corrected chi connectivity index (χ1v) is 24.7. The Morgan fingerprint density at radius 2 is 1.02 bits per heavy atom. The summed E-state index contributed by atoms with van der Waals surface area (Å²) >= 11 is 0. The topological polar surface area (TPSA) is 189 Å². The van der Waals surface area contributed by atoms with Gasteiger partial charge in [-0.05, 0) is 44.9 Å². The first kappa shape index (κ1) is 56.6.